The summed E-state index contributed by atoms with van der Waals surface area (Å²) in [6.45, 7) is 9.30. The molecule has 1 aromatic rings. The second-order valence-corrected chi connectivity index (χ2v) is 5.49. The first-order valence-electron chi connectivity index (χ1n) is 5.78. The molecule has 0 amide bonds. The number of hydrogen-bond acceptors (Lipinski definition) is 3. The molecule has 4 nitrogen and oxygen atoms in total. The molecular weight excluding hydrogens is 216 g/mol. The van der Waals surface area contributed by atoms with Crippen molar-refractivity contribution < 1.29 is 4.92 Å². The van der Waals surface area contributed by atoms with E-state index >= 15 is 0 Å². The Kier molecular flexibility index (Phi) is 4.10. The molecule has 0 fully saturated rings. The van der Waals surface area contributed by atoms with Crippen LogP contribution in [0, 0.1) is 22.5 Å². The summed E-state index contributed by atoms with van der Waals surface area (Å²) < 4.78 is 0. The number of nitro benzene ring substituents is 1. The SMILES string of the molecule is Cc1ccc([N+](=O)[O-])cc1NCCC(C)(C)C. The van der Waals surface area contributed by atoms with Crippen molar-refractivity contribution in [1.82, 2.24) is 0 Å². The Morgan fingerprint density at radius 3 is 2.53 bits per heavy atom. The first kappa shape index (κ1) is 13.5. The van der Waals surface area contributed by atoms with Gasteiger partial charge in [-0.15, -0.1) is 0 Å². The van der Waals surface area contributed by atoms with Crippen molar-refractivity contribution in [2.45, 2.75) is 34.1 Å². The van der Waals surface area contributed by atoms with Crippen LogP contribution in [-0.2, 0) is 0 Å². The number of rotatable bonds is 4. The van der Waals surface area contributed by atoms with E-state index in [-0.39, 0.29) is 16.0 Å². The monoisotopic (exact) mass is 236 g/mol. The van der Waals surface area contributed by atoms with Gasteiger partial charge in [-0.05, 0) is 24.3 Å². The smallest absolute Gasteiger partial charge is 0.271 e. The fourth-order valence-corrected chi connectivity index (χ4v) is 1.49. The molecule has 1 N–H and O–H groups in total. The third kappa shape index (κ3) is 4.43. The Hall–Kier alpha value is -1.58. The highest BCUT2D eigenvalue weighted by atomic mass is 16.6. The van der Waals surface area contributed by atoms with Crippen LogP contribution >= 0.6 is 0 Å². The first-order chi connectivity index (χ1) is 7.79. The maximum Gasteiger partial charge on any atom is 0.271 e. The van der Waals surface area contributed by atoms with Gasteiger partial charge < -0.3 is 5.32 Å². The molecule has 1 aromatic carbocycles. The Morgan fingerprint density at radius 1 is 1.35 bits per heavy atom. The Balaban J connectivity index is 2.70. The average Bonchev–Trinajstić information content (AvgIpc) is 2.18. The molecule has 0 bridgehead atoms. The molecule has 0 aliphatic rings. The molecule has 0 saturated heterocycles. The minimum Gasteiger partial charge on any atom is -0.385 e. The van der Waals surface area contributed by atoms with Crippen molar-refractivity contribution in [1.29, 1.82) is 0 Å². The molecule has 0 spiro atoms. The average molecular weight is 236 g/mol. The van der Waals surface area contributed by atoms with Crippen molar-refractivity contribution in [3.63, 3.8) is 0 Å². The number of non-ortho nitro benzene ring substituents is 1. The van der Waals surface area contributed by atoms with E-state index in [2.05, 4.69) is 26.1 Å². The third-order valence-corrected chi connectivity index (χ3v) is 2.62. The summed E-state index contributed by atoms with van der Waals surface area (Å²) in [6.07, 6.45) is 1.02. The number of anilines is 1. The van der Waals surface area contributed by atoms with E-state index < -0.39 is 0 Å². The Bertz CT molecular complexity index is 408. The molecule has 0 aromatic heterocycles. The normalized spacial score (nSPS) is 11.3. The van der Waals surface area contributed by atoms with E-state index in [4.69, 9.17) is 0 Å². The second-order valence-electron chi connectivity index (χ2n) is 5.49. The van der Waals surface area contributed by atoms with E-state index in [0.29, 0.717) is 0 Å². The lowest BCUT2D eigenvalue weighted by molar-refractivity contribution is -0.384. The van der Waals surface area contributed by atoms with Crippen LogP contribution in [0.3, 0.4) is 0 Å². The summed E-state index contributed by atoms with van der Waals surface area (Å²) in [5.41, 5.74) is 2.28. The number of nitrogens with one attached hydrogen (secondary N) is 1. The number of nitrogens with zero attached hydrogens (tertiary/aromatic N) is 1. The molecule has 94 valence electrons. The van der Waals surface area contributed by atoms with Crippen LogP contribution in [-0.4, -0.2) is 11.5 Å². The zero-order valence-corrected chi connectivity index (χ0v) is 10.9. The van der Waals surface area contributed by atoms with Gasteiger partial charge in [0.05, 0.1) is 4.92 Å². The van der Waals surface area contributed by atoms with Crippen LogP contribution in [0.5, 0.6) is 0 Å². The zero-order valence-electron chi connectivity index (χ0n) is 10.9. The lowest BCUT2D eigenvalue weighted by Gasteiger charge is -2.19. The van der Waals surface area contributed by atoms with Crippen LogP contribution in [0.25, 0.3) is 0 Å². The molecule has 0 saturated carbocycles. The van der Waals surface area contributed by atoms with Crippen molar-refractivity contribution in [3.8, 4) is 0 Å². The molecule has 0 aliphatic heterocycles. The fraction of sp³-hybridized carbons (Fsp3) is 0.538. The lowest BCUT2D eigenvalue weighted by atomic mass is 9.92. The Morgan fingerprint density at radius 2 is 2.00 bits per heavy atom. The quantitative estimate of drug-likeness (QED) is 0.639. The standard InChI is InChI=1S/C13H20N2O2/c1-10-5-6-11(15(16)17)9-12(10)14-8-7-13(2,3)4/h5-6,9,14H,7-8H2,1-4H3. The van der Waals surface area contributed by atoms with Crippen molar-refractivity contribution in [2.75, 3.05) is 11.9 Å². The second kappa shape index (κ2) is 5.17. The molecular formula is C13H20N2O2. The summed E-state index contributed by atoms with van der Waals surface area (Å²) >= 11 is 0. The van der Waals surface area contributed by atoms with Gasteiger partial charge in [-0.1, -0.05) is 26.8 Å². The van der Waals surface area contributed by atoms with Gasteiger partial charge in [0.2, 0.25) is 0 Å². The van der Waals surface area contributed by atoms with Gasteiger partial charge >= 0.3 is 0 Å². The molecule has 0 aliphatic carbocycles. The van der Waals surface area contributed by atoms with Gasteiger partial charge in [0, 0.05) is 24.4 Å². The van der Waals surface area contributed by atoms with Gasteiger partial charge in [-0.25, -0.2) is 0 Å². The molecule has 4 heteroatoms. The first-order valence-corrected chi connectivity index (χ1v) is 5.78. The van der Waals surface area contributed by atoms with E-state index in [0.717, 1.165) is 24.2 Å². The topological polar surface area (TPSA) is 55.2 Å². The summed E-state index contributed by atoms with van der Waals surface area (Å²) in [6, 6.07) is 4.90. The predicted molar refractivity (Wildman–Crippen MR) is 70.4 cm³/mol. The fourth-order valence-electron chi connectivity index (χ4n) is 1.49. The number of nitro groups is 1. The molecule has 0 radical (unpaired) electrons. The summed E-state index contributed by atoms with van der Waals surface area (Å²) in [5.74, 6) is 0. The highest BCUT2D eigenvalue weighted by Crippen LogP contribution is 2.23. The molecule has 1 rings (SSSR count). The van der Waals surface area contributed by atoms with Crippen LogP contribution in [0.1, 0.15) is 32.8 Å². The molecule has 0 unspecified atom stereocenters. The van der Waals surface area contributed by atoms with E-state index in [1.54, 1.807) is 12.1 Å². The lowest BCUT2D eigenvalue weighted by Crippen LogP contribution is -2.13. The van der Waals surface area contributed by atoms with Gasteiger partial charge in [0.25, 0.3) is 5.69 Å². The maximum absolute atomic E-state index is 10.7. The maximum atomic E-state index is 10.7. The van der Waals surface area contributed by atoms with E-state index in [1.165, 1.54) is 6.07 Å². The van der Waals surface area contributed by atoms with E-state index in [1.807, 2.05) is 6.92 Å². The zero-order chi connectivity index (χ0) is 13.1. The molecule has 0 heterocycles. The van der Waals surface area contributed by atoms with Crippen LogP contribution in [0.2, 0.25) is 0 Å². The minimum absolute atomic E-state index is 0.133. The van der Waals surface area contributed by atoms with Gasteiger partial charge in [0.1, 0.15) is 0 Å². The highest BCUT2D eigenvalue weighted by Gasteiger charge is 2.11. The summed E-state index contributed by atoms with van der Waals surface area (Å²) in [4.78, 5) is 10.3. The van der Waals surface area contributed by atoms with E-state index in [9.17, 15) is 10.1 Å². The molecule has 0 atom stereocenters. The minimum atomic E-state index is -0.367. The van der Waals surface area contributed by atoms with Crippen LogP contribution < -0.4 is 5.32 Å². The largest absolute Gasteiger partial charge is 0.385 e. The Labute approximate surface area is 102 Å². The van der Waals surface area contributed by atoms with Gasteiger partial charge in [0.15, 0.2) is 0 Å². The third-order valence-electron chi connectivity index (χ3n) is 2.62. The number of aryl methyl sites for hydroxylation is 1. The number of benzene rings is 1. The molecule has 17 heavy (non-hydrogen) atoms. The van der Waals surface area contributed by atoms with Crippen LogP contribution in [0.15, 0.2) is 18.2 Å². The number of hydrogen-bond donors (Lipinski definition) is 1. The highest BCUT2D eigenvalue weighted by molar-refractivity contribution is 5.56. The summed E-state index contributed by atoms with van der Waals surface area (Å²) in [5, 5.41) is 13.9. The van der Waals surface area contributed by atoms with Crippen molar-refractivity contribution in [2.24, 2.45) is 5.41 Å². The summed E-state index contributed by atoms with van der Waals surface area (Å²) in [7, 11) is 0. The predicted octanol–water partition coefficient (Wildman–Crippen LogP) is 3.75. The van der Waals surface area contributed by atoms with Gasteiger partial charge in [-0.3, -0.25) is 10.1 Å². The van der Waals surface area contributed by atoms with Crippen molar-refractivity contribution in [3.05, 3.63) is 33.9 Å². The van der Waals surface area contributed by atoms with Crippen LogP contribution in [0.4, 0.5) is 11.4 Å². The van der Waals surface area contributed by atoms with Crippen molar-refractivity contribution >= 4 is 11.4 Å². The van der Waals surface area contributed by atoms with Gasteiger partial charge in [-0.2, -0.15) is 0 Å².